The summed E-state index contributed by atoms with van der Waals surface area (Å²) in [7, 11) is 0. The minimum atomic E-state index is 0.656. The van der Waals surface area contributed by atoms with Crippen molar-refractivity contribution in [3.05, 3.63) is 23.7 Å². The molecule has 3 heteroatoms. The first-order chi connectivity index (χ1) is 7.74. The van der Waals surface area contributed by atoms with Gasteiger partial charge in [-0.2, -0.15) is 0 Å². The highest BCUT2D eigenvalue weighted by atomic mass is 16.5. The van der Waals surface area contributed by atoms with E-state index in [0.717, 1.165) is 37.4 Å². The van der Waals surface area contributed by atoms with Gasteiger partial charge in [-0.3, -0.25) is 0 Å². The molecule has 0 fully saturated rings. The highest BCUT2D eigenvalue weighted by Gasteiger charge is 2.06. The molecule has 0 radical (unpaired) electrons. The summed E-state index contributed by atoms with van der Waals surface area (Å²) in [6.07, 6.45) is 2.79. The Balaban J connectivity index is 2.32. The second kappa shape index (κ2) is 7.47. The molecular weight excluding hydrogens is 202 g/mol. The molecule has 0 saturated heterocycles. The summed E-state index contributed by atoms with van der Waals surface area (Å²) in [5, 5.41) is 3.37. The zero-order chi connectivity index (χ0) is 11.8. The van der Waals surface area contributed by atoms with E-state index in [1.165, 1.54) is 0 Å². The van der Waals surface area contributed by atoms with Crippen LogP contribution in [0.5, 0.6) is 0 Å². The van der Waals surface area contributed by atoms with Gasteiger partial charge in [0, 0.05) is 12.2 Å². The molecule has 0 saturated carbocycles. The third-order valence-corrected chi connectivity index (χ3v) is 2.28. The summed E-state index contributed by atoms with van der Waals surface area (Å²) in [5.74, 6) is 1.66. The first-order valence-electron chi connectivity index (χ1n) is 6.07. The lowest BCUT2D eigenvalue weighted by Crippen LogP contribution is -2.19. The van der Waals surface area contributed by atoms with E-state index in [9.17, 15) is 0 Å². The number of hydrogen-bond acceptors (Lipinski definition) is 3. The predicted molar refractivity (Wildman–Crippen MR) is 65.2 cm³/mol. The van der Waals surface area contributed by atoms with Gasteiger partial charge in [0.2, 0.25) is 0 Å². The zero-order valence-electron chi connectivity index (χ0n) is 10.6. The molecular formula is C13H23NO2. The minimum absolute atomic E-state index is 0.656. The second-order valence-corrected chi connectivity index (χ2v) is 4.45. The molecule has 1 aromatic rings. The fraction of sp³-hybridized carbons (Fsp3) is 0.692. The van der Waals surface area contributed by atoms with Gasteiger partial charge in [-0.05, 0) is 24.9 Å². The van der Waals surface area contributed by atoms with Crippen LogP contribution in [0.15, 0.2) is 16.7 Å². The van der Waals surface area contributed by atoms with Gasteiger partial charge in [-0.1, -0.05) is 20.8 Å². The first kappa shape index (κ1) is 13.3. The summed E-state index contributed by atoms with van der Waals surface area (Å²) in [5.41, 5.74) is 1.16. The predicted octanol–water partition coefficient (Wildman–Crippen LogP) is 2.95. The van der Waals surface area contributed by atoms with Crippen molar-refractivity contribution < 1.29 is 9.15 Å². The van der Waals surface area contributed by atoms with E-state index >= 15 is 0 Å². The molecule has 0 aliphatic heterocycles. The van der Waals surface area contributed by atoms with Crippen LogP contribution in [0.1, 0.15) is 38.5 Å². The van der Waals surface area contributed by atoms with Crippen LogP contribution in [0, 0.1) is 5.92 Å². The number of furan rings is 1. The van der Waals surface area contributed by atoms with E-state index in [1.807, 2.05) is 6.07 Å². The Hall–Kier alpha value is -0.800. The van der Waals surface area contributed by atoms with Crippen molar-refractivity contribution in [3.63, 3.8) is 0 Å². The second-order valence-electron chi connectivity index (χ2n) is 4.45. The van der Waals surface area contributed by atoms with E-state index in [2.05, 4.69) is 26.1 Å². The number of nitrogens with one attached hydrogen (secondary N) is 1. The van der Waals surface area contributed by atoms with Crippen LogP contribution >= 0.6 is 0 Å². The van der Waals surface area contributed by atoms with Crippen LogP contribution in [0.4, 0.5) is 0 Å². The van der Waals surface area contributed by atoms with Crippen LogP contribution in [0.2, 0.25) is 0 Å². The molecule has 1 aromatic heterocycles. The fourth-order valence-corrected chi connectivity index (χ4v) is 1.45. The fourth-order valence-electron chi connectivity index (χ4n) is 1.45. The molecule has 0 spiro atoms. The number of ether oxygens (including phenoxy) is 1. The zero-order valence-corrected chi connectivity index (χ0v) is 10.6. The van der Waals surface area contributed by atoms with Gasteiger partial charge >= 0.3 is 0 Å². The molecule has 1 heterocycles. The molecule has 0 aliphatic carbocycles. The third kappa shape index (κ3) is 4.81. The summed E-state index contributed by atoms with van der Waals surface area (Å²) in [6, 6.07) is 1.99. The van der Waals surface area contributed by atoms with Crippen LogP contribution in [-0.2, 0) is 17.9 Å². The molecule has 0 aromatic carbocycles. The average molecular weight is 225 g/mol. The molecule has 0 amide bonds. The van der Waals surface area contributed by atoms with E-state index in [-0.39, 0.29) is 0 Å². The molecule has 0 aliphatic rings. The van der Waals surface area contributed by atoms with Crippen LogP contribution < -0.4 is 5.32 Å². The molecule has 1 N–H and O–H groups in total. The Morgan fingerprint density at radius 3 is 2.94 bits per heavy atom. The maximum Gasteiger partial charge on any atom is 0.123 e. The Morgan fingerprint density at radius 1 is 1.44 bits per heavy atom. The van der Waals surface area contributed by atoms with E-state index in [0.29, 0.717) is 12.5 Å². The van der Waals surface area contributed by atoms with Crippen LogP contribution in [0.3, 0.4) is 0 Å². The lowest BCUT2D eigenvalue weighted by atomic mass is 10.2. The van der Waals surface area contributed by atoms with Gasteiger partial charge in [0.15, 0.2) is 0 Å². The van der Waals surface area contributed by atoms with Crippen molar-refractivity contribution in [1.82, 2.24) is 5.32 Å². The van der Waals surface area contributed by atoms with E-state index in [1.54, 1.807) is 6.26 Å². The number of rotatable bonds is 8. The molecule has 0 unspecified atom stereocenters. The average Bonchev–Trinajstić information content (AvgIpc) is 2.66. The highest BCUT2D eigenvalue weighted by Crippen LogP contribution is 2.11. The molecule has 3 nitrogen and oxygen atoms in total. The molecule has 1 rings (SSSR count). The molecule has 0 bridgehead atoms. The van der Waals surface area contributed by atoms with Crippen molar-refractivity contribution in [2.45, 2.75) is 40.3 Å². The van der Waals surface area contributed by atoms with Crippen LogP contribution in [0.25, 0.3) is 0 Å². The SMILES string of the molecule is CCCOCc1ccoc1CNCC(C)C. The lowest BCUT2D eigenvalue weighted by molar-refractivity contribution is 0.120. The monoisotopic (exact) mass is 225 g/mol. The summed E-state index contributed by atoms with van der Waals surface area (Å²) in [4.78, 5) is 0. The Bertz CT molecular complexity index is 281. The van der Waals surface area contributed by atoms with Crippen molar-refractivity contribution in [3.8, 4) is 0 Å². The summed E-state index contributed by atoms with van der Waals surface area (Å²) >= 11 is 0. The standard InChI is InChI=1S/C13H23NO2/c1-4-6-15-10-12-5-7-16-13(12)9-14-8-11(2)3/h5,7,11,14H,4,6,8-10H2,1-3H3. The quantitative estimate of drug-likeness (QED) is 0.691. The van der Waals surface area contributed by atoms with Gasteiger partial charge in [0.25, 0.3) is 0 Å². The largest absolute Gasteiger partial charge is 0.468 e. The Kier molecular flexibility index (Phi) is 6.19. The lowest BCUT2D eigenvalue weighted by Gasteiger charge is -2.07. The summed E-state index contributed by atoms with van der Waals surface area (Å²) < 4.78 is 10.9. The topological polar surface area (TPSA) is 34.4 Å². The molecule has 16 heavy (non-hydrogen) atoms. The smallest absolute Gasteiger partial charge is 0.123 e. The van der Waals surface area contributed by atoms with Crippen molar-refractivity contribution in [2.75, 3.05) is 13.2 Å². The minimum Gasteiger partial charge on any atom is -0.468 e. The van der Waals surface area contributed by atoms with Gasteiger partial charge in [0.05, 0.1) is 19.4 Å². The number of hydrogen-bond donors (Lipinski definition) is 1. The maximum absolute atomic E-state index is 5.51. The van der Waals surface area contributed by atoms with Gasteiger partial charge in [-0.15, -0.1) is 0 Å². The summed E-state index contributed by atoms with van der Waals surface area (Å²) in [6.45, 7) is 9.76. The van der Waals surface area contributed by atoms with Crippen molar-refractivity contribution in [1.29, 1.82) is 0 Å². The van der Waals surface area contributed by atoms with Gasteiger partial charge in [-0.25, -0.2) is 0 Å². The van der Waals surface area contributed by atoms with E-state index < -0.39 is 0 Å². The first-order valence-corrected chi connectivity index (χ1v) is 6.07. The van der Waals surface area contributed by atoms with Gasteiger partial charge < -0.3 is 14.5 Å². The maximum atomic E-state index is 5.51. The molecule has 0 atom stereocenters. The highest BCUT2D eigenvalue weighted by molar-refractivity contribution is 5.15. The Morgan fingerprint density at radius 2 is 2.25 bits per heavy atom. The van der Waals surface area contributed by atoms with Crippen LogP contribution in [-0.4, -0.2) is 13.2 Å². The van der Waals surface area contributed by atoms with Gasteiger partial charge in [0.1, 0.15) is 5.76 Å². The van der Waals surface area contributed by atoms with E-state index in [4.69, 9.17) is 9.15 Å². The van der Waals surface area contributed by atoms with Crippen molar-refractivity contribution >= 4 is 0 Å². The molecule has 92 valence electrons. The Labute approximate surface area is 98.2 Å². The van der Waals surface area contributed by atoms with Crippen molar-refractivity contribution in [2.24, 2.45) is 5.92 Å². The third-order valence-electron chi connectivity index (χ3n) is 2.28. The normalized spacial score (nSPS) is 11.2.